The van der Waals surface area contributed by atoms with E-state index >= 15 is 0 Å². The molecule has 3 heterocycles. The summed E-state index contributed by atoms with van der Waals surface area (Å²) in [4.78, 5) is 20.2. The number of likely N-dealkylation sites (tertiary alicyclic amines) is 1. The molecule has 2 fully saturated rings. The van der Waals surface area contributed by atoms with Crippen LogP contribution in [0.3, 0.4) is 0 Å². The molecule has 2 saturated heterocycles. The van der Waals surface area contributed by atoms with Crippen molar-refractivity contribution in [2.45, 2.75) is 44.2 Å². The lowest BCUT2D eigenvalue weighted by atomic mass is 9.92. The molecule has 2 aliphatic rings. The normalized spacial score (nSPS) is 23.4. The highest BCUT2D eigenvalue weighted by molar-refractivity contribution is 7.15. The van der Waals surface area contributed by atoms with E-state index in [-0.39, 0.29) is 11.5 Å². The summed E-state index contributed by atoms with van der Waals surface area (Å²) in [5.74, 6) is 1.05. The van der Waals surface area contributed by atoms with E-state index in [4.69, 9.17) is 9.47 Å². The third-order valence-corrected chi connectivity index (χ3v) is 6.42. The SMILES string of the molecule is COc1ccccc1-c1ncc(CN2CC[C@@]3(CCCO3)CCC2=O)s1. The number of carbonyl (C=O) groups is 1. The van der Waals surface area contributed by atoms with Crippen molar-refractivity contribution in [3.05, 3.63) is 35.3 Å². The van der Waals surface area contributed by atoms with Gasteiger partial charge in [0.15, 0.2) is 0 Å². The lowest BCUT2D eigenvalue weighted by Crippen LogP contribution is -2.31. The van der Waals surface area contributed by atoms with Crippen LogP contribution in [0.4, 0.5) is 0 Å². The number of hydrogen-bond donors (Lipinski definition) is 0. The van der Waals surface area contributed by atoms with E-state index in [0.29, 0.717) is 13.0 Å². The van der Waals surface area contributed by atoms with Crippen molar-refractivity contribution in [2.75, 3.05) is 20.3 Å². The van der Waals surface area contributed by atoms with Gasteiger partial charge in [-0.2, -0.15) is 0 Å². The number of para-hydroxylation sites is 1. The first-order valence-corrected chi connectivity index (χ1v) is 10.0. The van der Waals surface area contributed by atoms with E-state index in [1.54, 1.807) is 18.4 Å². The number of ether oxygens (including phenoxy) is 2. The highest BCUT2D eigenvalue weighted by Crippen LogP contribution is 2.37. The predicted molar refractivity (Wildman–Crippen MR) is 101 cm³/mol. The molecule has 0 radical (unpaired) electrons. The van der Waals surface area contributed by atoms with Crippen molar-refractivity contribution in [1.82, 2.24) is 9.88 Å². The average Bonchev–Trinajstić information content (AvgIpc) is 3.30. The minimum absolute atomic E-state index is 0.0549. The van der Waals surface area contributed by atoms with Gasteiger partial charge < -0.3 is 14.4 Å². The highest BCUT2D eigenvalue weighted by Gasteiger charge is 2.38. The Bertz CT molecular complexity index is 783. The zero-order valence-electron chi connectivity index (χ0n) is 15.1. The Morgan fingerprint density at radius 3 is 3.00 bits per heavy atom. The zero-order chi connectivity index (χ0) is 18.0. The van der Waals surface area contributed by atoms with E-state index in [0.717, 1.165) is 60.0 Å². The van der Waals surface area contributed by atoms with Gasteiger partial charge in [-0.1, -0.05) is 12.1 Å². The quantitative estimate of drug-likeness (QED) is 0.817. The second-order valence-corrected chi connectivity index (χ2v) is 8.15. The van der Waals surface area contributed by atoms with Gasteiger partial charge in [-0.15, -0.1) is 11.3 Å². The smallest absolute Gasteiger partial charge is 0.223 e. The van der Waals surface area contributed by atoms with Gasteiger partial charge in [0, 0.05) is 30.6 Å². The molecule has 4 rings (SSSR count). The average molecular weight is 372 g/mol. The lowest BCUT2D eigenvalue weighted by Gasteiger charge is -2.26. The molecular weight excluding hydrogens is 348 g/mol. The summed E-state index contributed by atoms with van der Waals surface area (Å²) in [6.45, 7) is 2.23. The summed E-state index contributed by atoms with van der Waals surface area (Å²) in [5.41, 5.74) is 0.937. The summed E-state index contributed by atoms with van der Waals surface area (Å²) in [6.07, 6.45) is 6.47. The van der Waals surface area contributed by atoms with Crippen molar-refractivity contribution in [3.8, 4) is 16.3 Å². The summed E-state index contributed by atoms with van der Waals surface area (Å²) >= 11 is 1.63. The lowest BCUT2D eigenvalue weighted by molar-refractivity contribution is -0.131. The monoisotopic (exact) mass is 372 g/mol. The van der Waals surface area contributed by atoms with Crippen LogP contribution in [-0.4, -0.2) is 41.7 Å². The van der Waals surface area contributed by atoms with E-state index < -0.39 is 0 Å². The maximum atomic E-state index is 12.6. The maximum absolute atomic E-state index is 12.6. The van der Waals surface area contributed by atoms with Crippen LogP contribution in [0, 0.1) is 0 Å². The Kier molecular flexibility index (Phi) is 4.96. The van der Waals surface area contributed by atoms with E-state index in [1.165, 1.54) is 0 Å². The fraction of sp³-hybridized carbons (Fsp3) is 0.500. The van der Waals surface area contributed by atoms with Crippen molar-refractivity contribution in [2.24, 2.45) is 0 Å². The number of amides is 1. The summed E-state index contributed by atoms with van der Waals surface area (Å²) in [7, 11) is 1.67. The molecule has 0 unspecified atom stereocenters. The van der Waals surface area contributed by atoms with Crippen LogP contribution in [0.1, 0.15) is 37.0 Å². The van der Waals surface area contributed by atoms with Gasteiger partial charge in [0.25, 0.3) is 0 Å². The molecule has 138 valence electrons. The fourth-order valence-corrected chi connectivity index (χ4v) is 4.87. The third-order valence-electron chi connectivity index (χ3n) is 5.41. The Morgan fingerprint density at radius 2 is 2.19 bits per heavy atom. The van der Waals surface area contributed by atoms with Gasteiger partial charge in [0.2, 0.25) is 5.91 Å². The first-order chi connectivity index (χ1) is 12.7. The van der Waals surface area contributed by atoms with Crippen molar-refractivity contribution >= 4 is 17.2 Å². The van der Waals surface area contributed by atoms with Crippen LogP contribution < -0.4 is 4.74 Å². The third kappa shape index (κ3) is 3.48. The molecule has 6 heteroatoms. The number of nitrogens with zero attached hydrogens (tertiary/aromatic N) is 2. The standard InChI is InChI=1S/C20H24N2O3S/c1-24-17-6-3-2-5-16(17)19-21-13-15(26-19)14-22-11-10-20(8-4-12-25-20)9-7-18(22)23/h2-3,5-6,13H,4,7-12,14H2,1H3/t20-/m1/s1. The molecule has 1 aromatic carbocycles. The van der Waals surface area contributed by atoms with Crippen LogP contribution in [0.5, 0.6) is 5.75 Å². The van der Waals surface area contributed by atoms with Gasteiger partial charge in [-0.25, -0.2) is 4.98 Å². The zero-order valence-corrected chi connectivity index (χ0v) is 15.9. The molecule has 2 aromatic rings. The number of hydrogen-bond acceptors (Lipinski definition) is 5. The van der Waals surface area contributed by atoms with Gasteiger partial charge in [-0.3, -0.25) is 4.79 Å². The molecule has 0 N–H and O–H groups in total. The molecule has 1 spiro atoms. The fourth-order valence-electron chi connectivity index (χ4n) is 3.91. The van der Waals surface area contributed by atoms with Crippen LogP contribution in [0.2, 0.25) is 0 Å². The summed E-state index contributed by atoms with van der Waals surface area (Å²) < 4.78 is 11.4. The number of benzene rings is 1. The summed E-state index contributed by atoms with van der Waals surface area (Å²) in [6, 6.07) is 7.89. The minimum atomic E-state index is -0.0549. The highest BCUT2D eigenvalue weighted by atomic mass is 32.1. The number of methoxy groups -OCH3 is 1. The molecule has 5 nitrogen and oxygen atoms in total. The van der Waals surface area contributed by atoms with E-state index in [1.807, 2.05) is 35.4 Å². The van der Waals surface area contributed by atoms with Crippen molar-refractivity contribution < 1.29 is 14.3 Å². The van der Waals surface area contributed by atoms with E-state index in [2.05, 4.69) is 4.98 Å². The van der Waals surface area contributed by atoms with Gasteiger partial charge in [0.1, 0.15) is 10.8 Å². The molecule has 0 saturated carbocycles. The van der Waals surface area contributed by atoms with Gasteiger partial charge in [-0.05, 0) is 37.8 Å². The van der Waals surface area contributed by atoms with Crippen LogP contribution in [0.15, 0.2) is 30.5 Å². The maximum Gasteiger partial charge on any atom is 0.223 e. The molecule has 1 aromatic heterocycles. The number of rotatable bonds is 4. The molecule has 2 aliphatic heterocycles. The minimum Gasteiger partial charge on any atom is -0.496 e. The Labute approximate surface area is 157 Å². The number of aromatic nitrogens is 1. The second-order valence-electron chi connectivity index (χ2n) is 7.03. The second kappa shape index (κ2) is 7.37. The topological polar surface area (TPSA) is 51.7 Å². The number of thiazole rings is 1. The van der Waals surface area contributed by atoms with E-state index in [9.17, 15) is 4.79 Å². The van der Waals surface area contributed by atoms with Gasteiger partial charge in [0.05, 0.1) is 24.8 Å². The number of carbonyl (C=O) groups excluding carboxylic acids is 1. The largest absolute Gasteiger partial charge is 0.496 e. The first-order valence-electron chi connectivity index (χ1n) is 9.19. The first kappa shape index (κ1) is 17.5. The van der Waals surface area contributed by atoms with Crippen LogP contribution in [0.25, 0.3) is 10.6 Å². The predicted octanol–water partition coefficient (Wildman–Crippen LogP) is 3.88. The van der Waals surface area contributed by atoms with Crippen LogP contribution >= 0.6 is 11.3 Å². The Hall–Kier alpha value is -1.92. The molecule has 1 atom stereocenters. The van der Waals surface area contributed by atoms with Crippen molar-refractivity contribution in [1.29, 1.82) is 0 Å². The molecular formula is C20H24N2O3S. The van der Waals surface area contributed by atoms with Gasteiger partial charge >= 0.3 is 0 Å². The molecule has 26 heavy (non-hydrogen) atoms. The van der Waals surface area contributed by atoms with Crippen molar-refractivity contribution in [3.63, 3.8) is 0 Å². The Morgan fingerprint density at radius 1 is 1.31 bits per heavy atom. The Balaban J connectivity index is 1.47. The van der Waals surface area contributed by atoms with Crippen LogP contribution in [-0.2, 0) is 16.1 Å². The molecule has 0 aliphatic carbocycles. The molecule has 0 bridgehead atoms. The summed E-state index contributed by atoms with van der Waals surface area (Å²) in [5, 5.41) is 0.926. The molecule has 1 amide bonds.